The van der Waals surface area contributed by atoms with Crippen LogP contribution in [0.3, 0.4) is 0 Å². The van der Waals surface area contributed by atoms with Crippen molar-refractivity contribution in [1.29, 1.82) is 0 Å². The molecule has 1 amide bonds. The largest absolute Gasteiger partial charge is 0.321 e. The van der Waals surface area contributed by atoms with Crippen molar-refractivity contribution in [3.8, 4) is 22.0 Å². The molecule has 8 heteroatoms. The van der Waals surface area contributed by atoms with Gasteiger partial charge in [0, 0.05) is 18.3 Å². The summed E-state index contributed by atoms with van der Waals surface area (Å²) < 4.78 is 1.59. The van der Waals surface area contributed by atoms with Gasteiger partial charge in [0.05, 0.1) is 4.88 Å². The number of hydrogen-bond donors (Lipinski definition) is 2. The van der Waals surface area contributed by atoms with Gasteiger partial charge in [-0.25, -0.2) is 4.98 Å². The van der Waals surface area contributed by atoms with Gasteiger partial charge in [-0.2, -0.15) is 10.2 Å². The van der Waals surface area contributed by atoms with E-state index in [0.717, 1.165) is 22.0 Å². The van der Waals surface area contributed by atoms with Crippen LogP contribution in [0.4, 0.5) is 5.69 Å². The minimum atomic E-state index is -0.217. The predicted molar refractivity (Wildman–Crippen MR) is 101 cm³/mol. The van der Waals surface area contributed by atoms with Crippen molar-refractivity contribution in [1.82, 2.24) is 25.0 Å². The van der Waals surface area contributed by atoms with E-state index >= 15 is 0 Å². The van der Waals surface area contributed by atoms with Crippen LogP contribution in [-0.4, -0.2) is 30.9 Å². The molecule has 0 saturated carbocycles. The highest BCUT2D eigenvalue weighted by Crippen LogP contribution is 2.25. The number of nitrogens with zero attached hydrogens (tertiary/aromatic N) is 4. The summed E-state index contributed by atoms with van der Waals surface area (Å²) in [6, 6.07) is 13.2. The fourth-order valence-corrected chi connectivity index (χ4v) is 3.31. The van der Waals surface area contributed by atoms with Gasteiger partial charge in [0.25, 0.3) is 5.91 Å². The van der Waals surface area contributed by atoms with E-state index in [1.165, 1.54) is 0 Å². The Kier molecular flexibility index (Phi) is 4.10. The maximum Gasteiger partial charge on any atom is 0.273 e. The van der Waals surface area contributed by atoms with E-state index in [0.29, 0.717) is 17.2 Å². The highest BCUT2D eigenvalue weighted by Gasteiger charge is 2.15. The summed E-state index contributed by atoms with van der Waals surface area (Å²) in [4.78, 5) is 18.0. The molecule has 0 spiro atoms. The first-order valence-corrected chi connectivity index (χ1v) is 8.87. The fourth-order valence-electron chi connectivity index (χ4n) is 2.63. The number of aromatic amines is 1. The van der Waals surface area contributed by atoms with Gasteiger partial charge in [0.1, 0.15) is 17.2 Å². The Bertz CT molecular complexity index is 1060. The zero-order chi connectivity index (χ0) is 18.1. The maximum absolute atomic E-state index is 12.7. The number of aryl methyl sites for hydroxylation is 2. The van der Waals surface area contributed by atoms with Gasteiger partial charge in [0.15, 0.2) is 5.82 Å². The highest BCUT2D eigenvalue weighted by molar-refractivity contribution is 7.13. The van der Waals surface area contributed by atoms with Crippen molar-refractivity contribution in [2.45, 2.75) is 6.92 Å². The third kappa shape index (κ3) is 3.14. The number of rotatable bonds is 4. The normalized spacial score (nSPS) is 10.8. The molecule has 0 aliphatic carbocycles. The standard InChI is InChI=1S/C18H16N6OS/c1-11-19-17(22-21-11)12-5-3-6-13(9-12)20-18(25)15-10-14(23-24(15)2)16-7-4-8-26-16/h3-10H,1-2H3,(H,20,25)(H,19,21,22). The molecule has 2 N–H and O–H groups in total. The van der Waals surface area contributed by atoms with Crippen molar-refractivity contribution < 1.29 is 4.79 Å². The zero-order valence-corrected chi connectivity index (χ0v) is 15.0. The number of thiophene rings is 1. The molecule has 0 unspecified atom stereocenters. The van der Waals surface area contributed by atoms with Crippen LogP contribution in [0.15, 0.2) is 47.8 Å². The van der Waals surface area contributed by atoms with E-state index in [1.54, 1.807) is 29.1 Å². The molecule has 130 valence electrons. The lowest BCUT2D eigenvalue weighted by atomic mass is 10.2. The molecule has 0 atom stereocenters. The minimum absolute atomic E-state index is 0.217. The SMILES string of the molecule is Cc1nc(-c2cccc(NC(=O)c3cc(-c4cccs4)nn3C)c2)n[nH]1. The van der Waals surface area contributed by atoms with Crippen LogP contribution in [0.25, 0.3) is 22.0 Å². The van der Waals surface area contributed by atoms with Gasteiger partial charge in [0.2, 0.25) is 0 Å². The minimum Gasteiger partial charge on any atom is -0.321 e. The van der Waals surface area contributed by atoms with Crippen LogP contribution < -0.4 is 5.32 Å². The van der Waals surface area contributed by atoms with Crippen molar-refractivity contribution >= 4 is 22.9 Å². The molecule has 4 rings (SSSR count). The van der Waals surface area contributed by atoms with Gasteiger partial charge >= 0.3 is 0 Å². The van der Waals surface area contributed by atoms with Gasteiger partial charge in [-0.05, 0) is 36.6 Å². The molecular formula is C18H16N6OS. The second-order valence-electron chi connectivity index (χ2n) is 5.80. The second-order valence-corrected chi connectivity index (χ2v) is 6.74. The quantitative estimate of drug-likeness (QED) is 0.580. The van der Waals surface area contributed by atoms with Crippen LogP contribution >= 0.6 is 11.3 Å². The van der Waals surface area contributed by atoms with E-state index in [9.17, 15) is 4.79 Å². The van der Waals surface area contributed by atoms with Crippen LogP contribution in [0.1, 0.15) is 16.3 Å². The van der Waals surface area contributed by atoms with Gasteiger partial charge in [-0.15, -0.1) is 11.3 Å². The summed E-state index contributed by atoms with van der Waals surface area (Å²) in [5, 5.41) is 16.3. The van der Waals surface area contributed by atoms with Crippen molar-refractivity contribution in [3.63, 3.8) is 0 Å². The lowest BCUT2D eigenvalue weighted by Crippen LogP contribution is -2.16. The summed E-state index contributed by atoms with van der Waals surface area (Å²) in [6.07, 6.45) is 0. The Morgan fingerprint density at radius 3 is 2.85 bits per heavy atom. The van der Waals surface area contributed by atoms with Crippen LogP contribution in [-0.2, 0) is 7.05 Å². The monoisotopic (exact) mass is 364 g/mol. The Morgan fingerprint density at radius 2 is 2.12 bits per heavy atom. The fraction of sp³-hybridized carbons (Fsp3) is 0.111. The molecular weight excluding hydrogens is 348 g/mol. The first-order chi connectivity index (χ1) is 12.6. The lowest BCUT2D eigenvalue weighted by molar-refractivity contribution is 0.101. The van der Waals surface area contributed by atoms with Gasteiger partial charge < -0.3 is 5.32 Å². The van der Waals surface area contributed by atoms with E-state index in [1.807, 2.05) is 48.7 Å². The topological polar surface area (TPSA) is 88.5 Å². The molecule has 0 saturated heterocycles. The average Bonchev–Trinajstić information content (AvgIpc) is 3.35. The molecule has 0 radical (unpaired) electrons. The smallest absolute Gasteiger partial charge is 0.273 e. The molecule has 7 nitrogen and oxygen atoms in total. The third-order valence-electron chi connectivity index (χ3n) is 3.86. The van der Waals surface area contributed by atoms with E-state index < -0.39 is 0 Å². The number of carbonyl (C=O) groups is 1. The van der Waals surface area contributed by atoms with E-state index in [4.69, 9.17) is 0 Å². The lowest BCUT2D eigenvalue weighted by Gasteiger charge is -2.06. The molecule has 4 aromatic rings. The van der Waals surface area contributed by atoms with Crippen LogP contribution in [0.5, 0.6) is 0 Å². The maximum atomic E-state index is 12.7. The number of H-pyrrole nitrogens is 1. The predicted octanol–water partition coefficient (Wildman–Crippen LogP) is 3.49. The third-order valence-corrected chi connectivity index (χ3v) is 4.75. The average molecular weight is 364 g/mol. The number of hydrogen-bond acceptors (Lipinski definition) is 5. The summed E-state index contributed by atoms with van der Waals surface area (Å²) >= 11 is 1.59. The van der Waals surface area contributed by atoms with Gasteiger partial charge in [-0.1, -0.05) is 18.2 Å². The first-order valence-electron chi connectivity index (χ1n) is 7.99. The Labute approximate surface area is 153 Å². The number of amides is 1. The number of aromatic nitrogens is 5. The molecule has 1 aromatic carbocycles. The molecule has 0 fully saturated rings. The molecule has 26 heavy (non-hydrogen) atoms. The van der Waals surface area contributed by atoms with Crippen molar-refractivity contribution in [2.24, 2.45) is 7.05 Å². The summed E-state index contributed by atoms with van der Waals surface area (Å²) in [6.45, 7) is 1.84. The summed E-state index contributed by atoms with van der Waals surface area (Å²) in [5.41, 5.74) is 2.79. The highest BCUT2D eigenvalue weighted by atomic mass is 32.1. The number of nitrogens with one attached hydrogen (secondary N) is 2. The van der Waals surface area contributed by atoms with Gasteiger partial charge in [-0.3, -0.25) is 14.6 Å². The number of carbonyl (C=O) groups excluding carboxylic acids is 1. The molecule has 3 aromatic heterocycles. The number of anilines is 1. The zero-order valence-electron chi connectivity index (χ0n) is 14.2. The number of benzene rings is 1. The molecule has 0 aliphatic heterocycles. The summed E-state index contributed by atoms with van der Waals surface area (Å²) in [7, 11) is 1.76. The summed E-state index contributed by atoms with van der Waals surface area (Å²) in [5.74, 6) is 1.12. The Morgan fingerprint density at radius 1 is 1.23 bits per heavy atom. The molecule has 0 aliphatic rings. The molecule has 0 bridgehead atoms. The molecule has 3 heterocycles. The van der Waals surface area contributed by atoms with Crippen molar-refractivity contribution in [2.75, 3.05) is 5.32 Å². The Balaban J connectivity index is 1.57. The van der Waals surface area contributed by atoms with Crippen LogP contribution in [0, 0.1) is 6.92 Å². The Hall–Kier alpha value is -3.26. The second kappa shape index (κ2) is 6.57. The van der Waals surface area contributed by atoms with Crippen molar-refractivity contribution in [3.05, 3.63) is 59.4 Å². The first kappa shape index (κ1) is 16.2. The van der Waals surface area contributed by atoms with E-state index in [2.05, 4.69) is 25.6 Å². The van der Waals surface area contributed by atoms with E-state index in [-0.39, 0.29) is 5.91 Å². The van der Waals surface area contributed by atoms with Crippen LogP contribution in [0.2, 0.25) is 0 Å².